The normalized spacial score (nSPS) is 16.3. The van der Waals surface area contributed by atoms with Crippen molar-refractivity contribution < 1.29 is 46.1 Å². The van der Waals surface area contributed by atoms with E-state index in [4.69, 9.17) is 0 Å². The zero-order chi connectivity index (χ0) is 30.0. The molecule has 1 atom stereocenters. The van der Waals surface area contributed by atoms with E-state index in [2.05, 4.69) is 144 Å². The predicted molar refractivity (Wildman–Crippen MR) is 177 cm³/mol. The molecule has 0 fully saturated rings. The molecule has 3 heteroatoms. The summed E-state index contributed by atoms with van der Waals surface area (Å²) < 4.78 is 5.21. The number of fused-ring (bicyclic) bond motifs is 3. The van der Waals surface area contributed by atoms with Crippen molar-refractivity contribution >= 4 is 6.48 Å². The number of benzene rings is 3. The third-order valence-electron chi connectivity index (χ3n) is 9.47. The molecule has 0 nitrogen and oxygen atoms in total. The average Bonchev–Trinajstić information content (AvgIpc) is 3.40. The minimum absolute atomic E-state index is 0. The van der Waals surface area contributed by atoms with Crippen LogP contribution in [0.2, 0.25) is 0 Å². The molecule has 0 radical (unpaired) electrons. The van der Waals surface area contributed by atoms with Crippen molar-refractivity contribution in [1.29, 1.82) is 0 Å². The van der Waals surface area contributed by atoms with Gasteiger partial charge in [-0.2, -0.15) is 0 Å². The van der Waals surface area contributed by atoms with Gasteiger partial charge in [-0.1, -0.05) is 0 Å². The van der Waals surface area contributed by atoms with Crippen LogP contribution in [0.5, 0.6) is 0 Å². The zero-order valence-electron chi connectivity index (χ0n) is 28.4. The number of allylic oxidation sites excluding steroid dienone is 4. The van der Waals surface area contributed by atoms with Gasteiger partial charge in [0, 0.05) is 0 Å². The van der Waals surface area contributed by atoms with Gasteiger partial charge in [0.05, 0.1) is 0 Å². The molecule has 0 bridgehead atoms. The number of hydrogen-bond acceptors (Lipinski definition) is 0. The van der Waals surface area contributed by atoms with Crippen LogP contribution in [0.3, 0.4) is 0 Å². The fourth-order valence-corrected chi connectivity index (χ4v) is 16.5. The summed E-state index contributed by atoms with van der Waals surface area (Å²) in [5.74, 6) is 1.06. The van der Waals surface area contributed by atoms with Gasteiger partial charge in [-0.15, -0.1) is 0 Å². The van der Waals surface area contributed by atoms with E-state index < -0.39 is 21.3 Å². The Bertz CT molecular complexity index is 1620. The molecule has 0 aromatic heterocycles. The van der Waals surface area contributed by atoms with Gasteiger partial charge in [-0.25, -0.2) is 0 Å². The Morgan fingerprint density at radius 2 is 1.42 bits per heavy atom. The number of halogens is 2. The van der Waals surface area contributed by atoms with Crippen molar-refractivity contribution in [3.8, 4) is 11.1 Å². The molecule has 0 heterocycles. The zero-order valence-corrected chi connectivity index (χ0v) is 32.4. The smallest absolute Gasteiger partial charge is 1.00 e. The summed E-state index contributed by atoms with van der Waals surface area (Å²) >= 11 is -2.64. The van der Waals surface area contributed by atoms with Gasteiger partial charge in [0.1, 0.15) is 0 Å². The maximum atomic E-state index is 2.60. The largest absolute Gasteiger partial charge is 1.00 e. The third-order valence-corrected chi connectivity index (χ3v) is 18.0. The molecule has 0 N–H and O–H groups in total. The van der Waals surface area contributed by atoms with Crippen LogP contribution in [0.4, 0.5) is 0 Å². The molecule has 43 heavy (non-hydrogen) atoms. The first-order valence-corrected chi connectivity index (χ1v) is 19.3. The van der Waals surface area contributed by atoms with E-state index in [0.717, 1.165) is 6.42 Å². The molecule has 5 rings (SSSR count). The van der Waals surface area contributed by atoms with E-state index >= 15 is 0 Å². The molecule has 2 aliphatic carbocycles. The van der Waals surface area contributed by atoms with E-state index in [1.165, 1.54) is 33.4 Å². The van der Waals surface area contributed by atoms with Gasteiger partial charge >= 0.3 is 260 Å². The maximum absolute atomic E-state index is 2.64. The summed E-state index contributed by atoms with van der Waals surface area (Å²) in [6, 6.07) is 21.7. The summed E-state index contributed by atoms with van der Waals surface area (Å²) in [6.07, 6.45) is 3.66. The number of hydrogen-bond donors (Lipinski definition) is 0. The Morgan fingerprint density at radius 1 is 0.814 bits per heavy atom. The summed E-state index contributed by atoms with van der Waals surface area (Å²) in [4.78, 5) is 0. The predicted octanol–water partition coefficient (Wildman–Crippen LogP) is 4.16. The van der Waals surface area contributed by atoms with Crippen LogP contribution >= 0.6 is 0 Å². The molecule has 228 valence electrons. The molecular weight excluding hydrogens is 643 g/mol. The van der Waals surface area contributed by atoms with Crippen molar-refractivity contribution in [2.45, 2.75) is 100 Å². The van der Waals surface area contributed by atoms with E-state index in [1.54, 1.807) is 32.0 Å². The molecule has 3 aromatic rings. The van der Waals surface area contributed by atoms with Crippen LogP contribution in [0, 0.1) is 18.8 Å². The Labute approximate surface area is 282 Å². The molecule has 0 aliphatic heterocycles. The molecular formula is C40H50Cl2Zr. The van der Waals surface area contributed by atoms with Crippen LogP contribution in [0.1, 0.15) is 110 Å². The second-order valence-electron chi connectivity index (χ2n) is 15.0. The minimum atomic E-state index is -2.64. The second-order valence-corrected chi connectivity index (χ2v) is 21.3. The van der Waals surface area contributed by atoms with Crippen LogP contribution in [-0.4, -0.2) is 3.21 Å². The van der Waals surface area contributed by atoms with Crippen molar-refractivity contribution in [2.24, 2.45) is 11.8 Å². The van der Waals surface area contributed by atoms with Crippen LogP contribution < -0.4 is 28.1 Å². The Balaban J connectivity index is 0.00000253. The molecule has 0 amide bonds. The summed E-state index contributed by atoms with van der Waals surface area (Å²) in [6.45, 7) is 28.6. The van der Waals surface area contributed by atoms with Crippen LogP contribution in [-0.2, 0) is 38.5 Å². The van der Waals surface area contributed by atoms with E-state index in [0.29, 0.717) is 11.8 Å². The van der Waals surface area contributed by atoms with Crippen LogP contribution in [0.25, 0.3) is 11.1 Å². The molecule has 0 spiro atoms. The Hall–Kier alpha value is -1.53. The summed E-state index contributed by atoms with van der Waals surface area (Å²) in [5, 5.41) is 0. The van der Waals surface area contributed by atoms with Gasteiger partial charge in [0.25, 0.3) is 0 Å². The fraction of sp³-hybridized carbons (Fsp3) is 0.425. The molecule has 3 aromatic carbocycles. The molecule has 1 unspecified atom stereocenters. The molecule has 0 saturated carbocycles. The van der Waals surface area contributed by atoms with Crippen molar-refractivity contribution in [2.75, 3.05) is 0 Å². The van der Waals surface area contributed by atoms with Gasteiger partial charge in [0.2, 0.25) is 0 Å². The Morgan fingerprint density at radius 3 is 1.95 bits per heavy atom. The SMILES string of the molecule is CC1=[C](/[Zr+2](=[C](\C)c2ccc(C)cc2)[c]2c(C(C)(C)C)ccc3c2Cc2cc(C(C)(C)C)ccc2-3)C(C)C=C1C(C)C.[Cl-].[Cl-]. The first-order chi connectivity index (χ1) is 19.1. The first-order valence-electron chi connectivity index (χ1n) is 15.6. The van der Waals surface area contributed by atoms with E-state index in [-0.39, 0.29) is 35.6 Å². The molecule has 2 aliphatic rings. The topological polar surface area (TPSA) is 0 Å². The van der Waals surface area contributed by atoms with Gasteiger partial charge in [-0.05, 0) is 0 Å². The maximum Gasteiger partial charge on any atom is -1.00 e. The minimum Gasteiger partial charge on any atom is -1.00 e. The van der Waals surface area contributed by atoms with Gasteiger partial charge in [0.15, 0.2) is 0 Å². The van der Waals surface area contributed by atoms with Crippen molar-refractivity contribution in [3.05, 3.63) is 108 Å². The monoisotopic (exact) mass is 690 g/mol. The second kappa shape index (κ2) is 13.1. The first kappa shape index (κ1) is 35.9. The van der Waals surface area contributed by atoms with Crippen molar-refractivity contribution in [1.82, 2.24) is 0 Å². The quantitative estimate of drug-likeness (QED) is 0.302. The van der Waals surface area contributed by atoms with Gasteiger partial charge < -0.3 is 24.8 Å². The fourth-order valence-electron chi connectivity index (χ4n) is 7.14. The Kier molecular flexibility index (Phi) is 10.9. The average molecular weight is 693 g/mol. The van der Waals surface area contributed by atoms with Crippen LogP contribution in [0.15, 0.2) is 75.1 Å². The van der Waals surface area contributed by atoms with E-state index in [1.807, 2.05) is 0 Å². The number of aryl methyl sites for hydroxylation is 1. The molecule has 0 saturated heterocycles. The van der Waals surface area contributed by atoms with E-state index in [9.17, 15) is 0 Å². The number of rotatable bonds is 4. The summed E-state index contributed by atoms with van der Waals surface area (Å²) in [7, 11) is 0. The third kappa shape index (κ3) is 6.71. The van der Waals surface area contributed by atoms with Gasteiger partial charge in [-0.3, -0.25) is 0 Å². The summed E-state index contributed by atoms with van der Waals surface area (Å²) in [5.41, 5.74) is 15.3. The van der Waals surface area contributed by atoms with Crippen molar-refractivity contribution in [3.63, 3.8) is 0 Å². The standard InChI is InChI=1S/C21H25.C10H15.C9H10.2ClH.Zr/c1-20(2,3)16-7-9-18-14(12-16)11-15-13-17(21(4,5)6)8-10-19(15)18;1-7(2)10-6-8(3)5-9(10)4;1-3-9-6-4-8(2)5-7-9;;;/h7-10,12H,11H2,1-6H3;6-8H,1-4H3;4-7H,1-2H3;2*1H;/q;;;;;+2/p-2.